The van der Waals surface area contributed by atoms with Gasteiger partial charge in [0.1, 0.15) is 0 Å². The van der Waals surface area contributed by atoms with Crippen LogP contribution in [0.15, 0.2) is 52.2 Å². The van der Waals surface area contributed by atoms with Crippen molar-refractivity contribution in [3.63, 3.8) is 0 Å². The highest BCUT2D eigenvalue weighted by molar-refractivity contribution is 14.1. The van der Waals surface area contributed by atoms with Gasteiger partial charge in [-0.2, -0.15) is 5.10 Å². The van der Waals surface area contributed by atoms with Gasteiger partial charge < -0.3 is 5.21 Å². The third-order valence-electron chi connectivity index (χ3n) is 2.90. The lowest BCUT2D eigenvalue weighted by Crippen LogP contribution is -2.22. The van der Waals surface area contributed by atoms with Crippen molar-refractivity contribution in [1.29, 1.82) is 0 Å². The van der Waals surface area contributed by atoms with E-state index in [0.717, 1.165) is 3.57 Å². The third-order valence-corrected chi connectivity index (χ3v) is 3.61. The van der Waals surface area contributed by atoms with Crippen LogP contribution in [0, 0.1) is 8.78 Å². The predicted octanol–water partition coefficient (Wildman–Crippen LogP) is 1.83. The summed E-state index contributed by atoms with van der Waals surface area (Å²) < 4.78 is 5.53. The van der Waals surface area contributed by atoms with E-state index in [4.69, 9.17) is 0 Å². The molecule has 8 heteroatoms. The SMILES string of the molecule is O=C(N/N=C/c1ccc2c(c1)no[n+]2[O-])c1ccc(I)cc1. The highest BCUT2D eigenvalue weighted by atomic mass is 127. The lowest BCUT2D eigenvalue weighted by atomic mass is 10.2. The normalized spacial score (nSPS) is 11.1. The van der Waals surface area contributed by atoms with E-state index in [9.17, 15) is 10.0 Å². The summed E-state index contributed by atoms with van der Waals surface area (Å²) in [5.74, 6) is -0.299. The highest BCUT2D eigenvalue weighted by Gasteiger charge is 2.08. The van der Waals surface area contributed by atoms with E-state index in [1.54, 1.807) is 30.3 Å². The van der Waals surface area contributed by atoms with Crippen LogP contribution in [0.25, 0.3) is 11.0 Å². The number of benzene rings is 2. The number of amides is 1. The van der Waals surface area contributed by atoms with E-state index in [1.807, 2.05) is 12.1 Å². The number of carbonyl (C=O) groups is 1. The number of hydrazone groups is 1. The lowest BCUT2D eigenvalue weighted by molar-refractivity contribution is -0.782. The summed E-state index contributed by atoms with van der Waals surface area (Å²) in [6.07, 6.45) is 1.47. The standard InChI is InChI=1S/C14H9IN4O3/c15-11-4-2-10(3-5-11)14(20)17-16-8-9-1-6-13-12(7-9)18-22-19(13)21/h1-8H,(H,17,20)/b16-8+. The van der Waals surface area contributed by atoms with Gasteiger partial charge in [0, 0.05) is 20.4 Å². The molecule has 0 saturated heterocycles. The molecule has 0 spiro atoms. The fourth-order valence-corrected chi connectivity index (χ4v) is 2.16. The Hall–Kier alpha value is -2.49. The van der Waals surface area contributed by atoms with Gasteiger partial charge in [0.2, 0.25) is 11.0 Å². The summed E-state index contributed by atoms with van der Waals surface area (Å²) in [5, 5.41) is 18.7. The van der Waals surface area contributed by atoms with Gasteiger partial charge in [-0.15, -0.1) is 0 Å². The second-order valence-electron chi connectivity index (χ2n) is 4.38. The molecule has 1 heterocycles. The van der Waals surface area contributed by atoms with E-state index in [-0.39, 0.29) is 5.91 Å². The molecule has 2 aromatic carbocycles. The zero-order valence-electron chi connectivity index (χ0n) is 11.1. The number of nitrogens with one attached hydrogen (secondary N) is 1. The minimum absolute atomic E-state index is 0.299. The average Bonchev–Trinajstić information content (AvgIpc) is 2.89. The minimum Gasteiger partial charge on any atom is -0.359 e. The van der Waals surface area contributed by atoms with Gasteiger partial charge in [-0.1, -0.05) is 0 Å². The highest BCUT2D eigenvalue weighted by Crippen LogP contribution is 2.09. The number of halogens is 1. The molecule has 7 nitrogen and oxygen atoms in total. The van der Waals surface area contributed by atoms with Crippen LogP contribution in [-0.4, -0.2) is 17.3 Å². The van der Waals surface area contributed by atoms with Gasteiger partial charge >= 0.3 is 0 Å². The van der Waals surface area contributed by atoms with E-state index >= 15 is 0 Å². The van der Waals surface area contributed by atoms with Gasteiger partial charge in [0.25, 0.3) is 5.91 Å². The Morgan fingerprint density at radius 1 is 1.32 bits per heavy atom. The Morgan fingerprint density at radius 2 is 2.09 bits per heavy atom. The van der Waals surface area contributed by atoms with Crippen LogP contribution in [0.2, 0.25) is 0 Å². The summed E-state index contributed by atoms with van der Waals surface area (Å²) in [5.41, 5.74) is 4.40. The molecule has 3 rings (SSSR count). The first-order valence-electron chi connectivity index (χ1n) is 6.22. The van der Waals surface area contributed by atoms with Crippen LogP contribution in [0.1, 0.15) is 15.9 Å². The number of aromatic nitrogens is 2. The zero-order valence-corrected chi connectivity index (χ0v) is 13.2. The molecule has 3 aromatic rings. The Bertz CT molecular complexity index is 858. The zero-order chi connectivity index (χ0) is 15.5. The number of hydrogen-bond acceptors (Lipinski definition) is 5. The van der Waals surface area contributed by atoms with E-state index < -0.39 is 0 Å². The van der Waals surface area contributed by atoms with E-state index in [1.165, 1.54) is 6.21 Å². The summed E-state index contributed by atoms with van der Waals surface area (Å²) in [6.45, 7) is 0. The summed E-state index contributed by atoms with van der Waals surface area (Å²) in [7, 11) is 0. The summed E-state index contributed by atoms with van der Waals surface area (Å²) in [6, 6.07) is 12.0. The maximum atomic E-state index is 11.9. The van der Waals surface area contributed by atoms with Crippen LogP contribution in [0.4, 0.5) is 0 Å². The molecule has 0 bridgehead atoms. The molecule has 110 valence electrons. The van der Waals surface area contributed by atoms with Gasteiger partial charge in [0.05, 0.1) is 6.21 Å². The first-order valence-corrected chi connectivity index (χ1v) is 7.30. The Morgan fingerprint density at radius 3 is 2.86 bits per heavy atom. The Labute approximate surface area is 138 Å². The smallest absolute Gasteiger partial charge is 0.271 e. The third kappa shape index (κ3) is 3.06. The van der Waals surface area contributed by atoms with Crippen molar-refractivity contribution in [2.45, 2.75) is 0 Å². The second kappa shape index (κ2) is 6.10. The summed E-state index contributed by atoms with van der Waals surface area (Å²) in [4.78, 5) is 12.2. The largest absolute Gasteiger partial charge is 0.359 e. The molecule has 0 fully saturated rings. The second-order valence-corrected chi connectivity index (χ2v) is 5.63. The molecule has 1 N–H and O–H groups in total. The number of nitrogens with zero attached hydrogens (tertiary/aromatic N) is 3. The molecular formula is C14H9IN4O3. The molecule has 0 aliphatic rings. The number of hydrogen-bond donors (Lipinski definition) is 1. The van der Waals surface area contributed by atoms with Crippen LogP contribution >= 0.6 is 22.6 Å². The van der Waals surface area contributed by atoms with Crippen molar-refractivity contribution in [3.8, 4) is 0 Å². The number of rotatable bonds is 3. The predicted molar refractivity (Wildman–Crippen MR) is 87.2 cm³/mol. The lowest BCUT2D eigenvalue weighted by Gasteiger charge is -1.99. The minimum atomic E-state index is -0.299. The fraction of sp³-hybridized carbons (Fsp3) is 0. The van der Waals surface area contributed by atoms with Crippen molar-refractivity contribution in [2.75, 3.05) is 0 Å². The first-order chi connectivity index (χ1) is 10.6. The van der Waals surface area contributed by atoms with Crippen LogP contribution in [0.3, 0.4) is 0 Å². The topological polar surface area (TPSA) is 94.4 Å². The molecule has 0 aliphatic carbocycles. The molecule has 1 aromatic heterocycles. The van der Waals surface area contributed by atoms with Crippen LogP contribution < -0.4 is 10.3 Å². The van der Waals surface area contributed by atoms with E-state index in [0.29, 0.717) is 27.1 Å². The van der Waals surface area contributed by atoms with Crippen molar-refractivity contribution in [1.82, 2.24) is 10.6 Å². The molecule has 0 aliphatic heterocycles. The summed E-state index contributed by atoms with van der Waals surface area (Å²) >= 11 is 2.17. The average molecular weight is 408 g/mol. The Balaban J connectivity index is 1.70. The molecule has 0 saturated carbocycles. The molecule has 0 unspecified atom stereocenters. The molecule has 1 amide bonds. The van der Waals surface area contributed by atoms with Gasteiger partial charge in [-0.3, -0.25) is 9.42 Å². The van der Waals surface area contributed by atoms with Gasteiger partial charge in [0.15, 0.2) is 0 Å². The van der Waals surface area contributed by atoms with Crippen molar-refractivity contribution >= 4 is 45.7 Å². The van der Waals surface area contributed by atoms with Gasteiger partial charge in [-0.25, -0.2) is 5.43 Å². The van der Waals surface area contributed by atoms with E-state index in [2.05, 4.69) is 42.9 Å². The van der Waals surface area contributed by atoms with Crippen molar-refractivity contribution < 1.29 is 14.3 Å². The van der Waals surface area contributed by atoms with Crippen molar-refractivity contribution in [2.24, 2.45) is 5.10 Å². The Kier molecular flexibility index (Phi) is 4.00. The first kappa shape index (κ1) is 14.4. The molecule has 22 heavy (non-hydrogen) atoms. The monoisotopic (exact) mass is 408 g/mol. The van der Waals surface area contributed by atoms with Crippen LogP contribution in [-0.2, 0) is 0 Å². The number of fused-ring (bicyclic) bond motifs is 1. The van der Waals surface area contributed by atoms with Crippen LogP contribution in [0.5, 0.6) is 0 Å². The van der Waals surface area contributed by atoms with Gasteiger partial charge in [-0.05, 0) is 69.5 Å². The fourth-order valence-electron chi connectivity index (χ4n) is 1.80. The maximum Gasteiger partial charge on any atom is 0.271 e. The maximum absolute atomic E-state index is 11.9. The quantitative estimate of drug-likeness (QED) is 0.310. The molecule has 0 radical (unpaired) electrons. The molecule has 0 atom stereocenters. The molecular weight excluding hydrogens is 399 g/mol. The van der Waals surface area contributed by atoms with Crippen molar-refractivity contribution in [3.05, 3.63) is 62.4 Å². The number of carbonyl (C=O) groups excluding carboxylic acids is 1.